The summed E-state index contributed by atoms with van der Waals surface area (Å²) in [6, 6.07) is 0.257. The van der Waals surface area contributed by atoms with Crippen molar-refractivity contribution in [3.63, 3.8) is 0 Å². The fourth-order valence-corrected chi connectivity index (χ4v) is 2.56. The Kier molecular flexibility index (Phi) is 3.14. The van der Waals surface area contributed by atoms with E-state index in [2.05, 4.69) is 11.9 Å². The van der Waals surface area contributed by atoms with E-state index in [9.17, 15) is 9.59 Å². The quantitative estimate of drug-likeness (QED) is 0.720. The van der Waals surface area contributed by atoms with Crippen molar-refractivity contribution in [2.24, 2.45) is 5.92 Å². The van der Waals surface area contributed by atoms with Crippen LogP contribution in [0.25, 0.3) is 0 Å². The lowest BCUT2D eigenvalue weighted by Crippen LogP contribution is -2.44. The normalized spacial score (nSPS) is 28.7. The van der Waals surface area contributed by atoms with Crippen LogP contribution in [0.1, 0.15) is 19.3 Å². The van der Waals surface area contributed by atoms with Crippen LogP contribution >= 0.6 is 0 Å². The van der Waals surface area contributed by atoms with E-state index in [1.165, 1.54) is 0 Å². The van der Waals surface area contributed by atoms with Crippen LogP contribution < -0.4 is 0 Å². The number of carboxylic acid groups (broad SMARTS) is 1. The Morgan fingerprint density at radius 1 is 1.38 bits per heavy atom. The first-order chi connectivity index (χ1) is 7.58. The maximum atomic E-state index is 11.7. The highest BCUT2D eigenvalue weighted by Gasteiger charge is 2.38. The number of amides is 1. The van der Waals surface area contributed by atoms with Crippen LogP contribution in [0.5, 0.6) is 0 Å². The zero-order valence-corrected chi connectivity index (χ0v) is 9.56. The number of nitrogens with zero attached hydrogens (tertiary/aromatic N) is 2. The molecule has 90 valence electrons. The molecule has 2 fully saturated rings. The molecule has 0 saturated carbocycles. The van der Waals surface area contributed by atoms with Crippen LogP contribution in [0.2, 0.25) is 0 Å². The number of carbonyl (C=O) groups is 2. The van der Waals surface area contributed by atoms with E-state index in [4.69, 9.17) is 5.11 Å². The Bertz CT molecular complexity index is 298. The second-order valence-corrected chi connectivity index (χ2v) is 4.82. The molecule has 0 aromatic rings. The Hall–Kier alpha value is -1.10. The first-order valence-electron chi connectivity index (χ1n) is 5.78. The molecule has 0 spiro atoms. The maximum absolute atomic E-state index is 11.7. The van der Waals surface area contributed by atoms with Crippen molar-refractivity contribution < 1.29 is 14.7 Å². The number of likely N-dealkylation sites (tertiary alicyclic amines) is 2. The predicted molar refractivity (Wildman–Crippen MR) is 58.0 cm³/mol. The largest absolute Gasteiger partial charge is 0.481 e. The molecular formula is C11H18N2O3. The van der Waals surface area contributed by atoms with Gasteiger partial charge in [-0.2, -0.15) is 0 Å². The highest BCUT2D eigenvalue weighted by atomic mass is 16.4. The fourth-order valence-electron chi connectivity index (χ4n) is 2.56. The Labute approximate surface area is 95.0 Å². The minimum atomic E-state index is -0.844. The molecule has 0 aromatic carbocycles. The first kappa shape index (κ1) is 11.4. The predicted octanol–water partition coefficient (Wildman–Crippen LogP) is 0.0137. The maximum Gasteiger partial charge on any atom is 0.308 e. The number of rotatable bonds is 2. The van der Waals surface area contributed by atoms with Gasteiger partial charge in [-0.25, -0.2) is 0 Å². The van der Waals surface area contributed by atoms with Crippen molar-refractivity contribution in [2.45, 2.75) is 25.3 Å². The van der Waals surface area contributed by atoms with E-state index in [1.807, 2.05) is 0 Å². The van der Waals surface area contributed by atoms with Crippen LogP contribution in [0, 0.1) is 5.92 Å². The molecule has 0 bridgehead atoms. The number of piperidine rings is 1. The van der Waals surface area contributed by atoms with E-state index in [-0.39, 0.29) is 18.4 Å². The van der Waals surface area contributed by atoms with Gasteiger partial charge in [0.1, 0.15) is 0 Å². The Morgan fingerprint density at radius 3 is 2.50 bits per heavy atom. The SMILES string of the molecule is CN1CCC(N2C[C@H](C(=O)O)CC2=O)CC1. The number of aliphatic carboxylic acids is 1. The molecule has 0 radical (unpaired) electrons. The molecule has 1 N–H and O–H groups in total. The summed E-state index contributed by atoms with van der Waals surface area (Å²) >= 11 is 0. The molecule has 0 aromatic heterocycles. The van der Waals surface area contributed by atoms with Gasteiger partial charge in [-0.1, -0.05) is 0 Å². The highest BCUT2D eigenvalue weighted by molar-refractivity contribution is 5.86. The molecule has 2 aliphatic rings. The smallest absolute Gasteiger partial charge is 0.308 e. The molecule has 1 amide bonds. The third-order valence-electron chi connectivity index (χ3n) is 3.64. The van der Waals surface area contributed by atoms with E-state index < -0.39 is 11.9 Å². The van der Waals surface area contributed by atoms with Crippen molar-refractivity contribution in [1.29, 1.82) is 0 Å². The van der Waals surface area contributed by atoms with Crippen LogP contribution in [-0.2, 0) is 9.59 Å². The van der Waals surface area contributed by atoms with Gasteiger partial charge in [-0.15, -0.1) is 0 Å². The lowest BCUT2D eigenvalue weighted by molar-refractivity contribution is -0.141. The van der Waals surface area contributed by atoms with Crippen molar-refractivity contribution >= 4 is 11.9 Å². The third kappa shape index (κ3) is 2.19. The number of hydrogen-bond donors (Lipinski definition) is 1. The summed E-state index contributed by atoms with van der Waals surface area (Å²) in [5.74, 6) is -1.32. The number of carbonyl (C=O) groups excluding carboxylic acids is 1. The van der Waals surface area contributed by atoms with Crippen molar-refractivity contribution in [3.8, 4) is 0 Å². The van der Waals surface area contributed by atoms with Gasteiger partial charge in [0.05, 0.1) is 5.92 Å². The van der Waals surface area contributed by atoms with Crippen LogP contribution in [-0.4, -0.2) is 59.5 Å². The van der Waals surface area contributed by atoms with Gasteiger partial charge in [0, 0.05) is 19.0 Å². The molecule has 5 heteroatoms. The Morgan fingerprint density at radius 2 is 2.00 bits per heavy atom. The molecule has 0 unspecified atom stereocenters. The lowest BCUT2D eigenvalue weighted by Gasteiger charge is -2.35. The van der Waals surface area contributed by atoms with Crippen molar-refractivity contribution in [1.82, 2.24) is 9.80 Å². The van der Waals surface area contributed by atoms with Gasteiger partial charge >= 0.3 is 5.97 Å². The van der Waals surface area contributed by atoms with Crippen molar-refractivity contribution in [3.05, 3.63) is 0 Å². The van der Waals surface area contributed by atoms with Crippen LogP contribution in [0.15, 0.2) is 0 Å². The zero-order valence-electron chi connectivity index (χ0n) is 9.56. The topological polar surface area (TPSA) is 60.9 Å². The minimum Gasteiger partial charge on any atom is -0.481 e. The van der Waals surface area contributed by atoms with E-state index in [1.54, 1.807) is 4.90 Å². The van der Waals surface area contributed by atoms with Gasteiger partial charge in [-0.3, -0.25) is 9.59 Å². The van der Waals surface area contributed by atoms with E-state index in [0.717, 1.165) is 25.9 Å². The van der Waals surface area contributed by atoms with E-state index >= 15 is 0 Å². The number of hydrogen-bond acceptors (Lipinski definition) is 3. The second kappa shape index (κ2) is 4.41. The van der Waals surface area contributed by atoms with Gasteiger partial charge in [0.2, 0.25) is 5.91 Å². The molecule has 2 rings (SSSR count). The van der Waals surface area contributed by atoms with Crippen molar-refractivity contribution in [2.75, 3.05) is 26.7 Å². The molecular weight excluding hydrogens is 208 g/mol. The minimum absolute atomic E-state index is 0.0157. The van der Waals surface area contributed by atoms with Crippen LogP contribution in [0.3, 0.4) is 0 Å². The van der Waals surface area contributed by atoms with Gasteiger partial charge in [0.15, 0.2) is 0 Å². The second-order valence-electron chi connectivity index (χ2n) is 4.82. The van der Waals surface area contributed by atoms with E-state index in [0.29, 0.717) is 6.54 Å². The molecule has 0 aliphatic carbocycles. The average Bonchev–Trinajstić information content (AvgIpc) is 2.62. The monoisotopic (exact) mass is 226 g/mol. The molecule has 2 heterocycles. The highest BCUT2D eigenvalue weighted by Crippen LogP contribution is 2.25. The number of carboxylic acids is 1. The summed E-state index contributed by atoms with van der Waals surface area (Å²) in [5.41, 5.74) is 0. The Balaban J connectivity index is 1.95. The van der Waals surface area contributed by atoms with Gasteiger partial charge < -0.3 is 14.9 Å². The summed E-state index contributed by atoms with van der Waals surface area (Å²) in [5, 5.41) is 8.90. The first-order valence-corrected chi connectivity index (χ1v) is 5.78. The molecule has 5 nitrogen and oxygen atoms in total. The average molecular weight is 226 g/mol. The molecule has 1 atom stereocenters. The summed E-state index contributed by atoms with van der Waals surface area (Å²) in [6.07, 6.45) is 2.12. The summed E-state index contributed by atoms with van der Waals surface area (Å²) in [7, 11) is 2.07. The lowest BCUT2D eigenvalue weighted by atomic mass is 10.0. The third-order valence-corrected chi connectivity index (χ3v) is 3.64. The zero-order chi connectivity index (χ0) is 11.7. The fraction of sp³-hybridized carbons (Fsp3) is 0.818. The molecule has 2 aliphatic heterocycles. The van der Waals surface area contributed by atoms with Gasteiger partial charge in [-0.05, 0) is 33.0 Å². The van der Waals surface area contributed by atoms with Gasteiger partial charge in [0.25, 0.3) is 0 Å². The summed E-state index contributed by atoms with van der Waals surface area (Å²) in [6.45, 7) is 2.39. The van der Waals surface area contributed by atoms with Crippen LogP contribution in [0.4, 0.5) is 0 Å². The molecule has 2 saturated heterocycles. The summed E-state index contributed by atoms with van der Waals surface area (Å²) < 4.78 is 0. The summed E-state index contributed by atoms with van der Waals surface area (Å²) in [4.78, 5) is 26.6. The molecule has 16 heavy (non-hydrogen) atoms. The standard InChI is InChI=1S/C11H18N2O3/c1-12-4-2-9(3-5-12)13-7-8(11(15)16)6-10(13)14/h8-9H,2-7H2,1H3,(H,15,16)/t8-/m1/s1.